The van der Waals surface area contributed by atoms with E-state index in [4.69, 9.17) is 5.26 Å². The SMILES string of the molecule is CC=CC(C#N)=CCC. The van der Waals surface area contributed by atoms with Gasteiger partial charge in [-0.25, -0.2) is 0 Å². The van der Waals surface area contributed by atoms with Crippen molar-refractivity contribution in [1.82, 2.24) is 0 Å². The standard InChI is InChI=1S/C8H11N/c1-3-5-8(7-9)6-4-2/h3,5-6H,4H2,1-2H3. The lowest BCUT2D eigenvalue weighted by atomic mass is 10.2. The average molecular weight is 121 g/mol. The number of nitrogens with zero attached hydrogens (tertiary/aromatic N) is 1. The Hall–Kier alpha value is -1.03. The first-order chi connectivity index (χ1) is 4.35. The minimum atomic E-state index is 0.750. The molecule has 0 amide bonds. The van der Waals surface area contributed by atoms with E-state index in [1.54, 1.807) is 0 Å². The van der Waals surface area contributed by atoms with E-state index in [0.29, 0.717) is 0 Å². The largest absolute Gasteiger partial charge is 0.192 e. The van der Waals surface area contributed by atoms with Crippen molar-refractivity contribution in [2.45, 2.75) is 20.3 Å². The van der Waals surface area contributed by atoms with Gasteiger partial charge >= 0.3 is 0 Å². The molecule has 1 heteroatoms. The highest BCUT2D eigenvalue weighted by Gasteiger charge is 1.82. The second-order valence-corrected chi connectivity index (χ2v) is 1.68. The fourth-order valence-electron chi connectivity index (χ4n) is 0.550. The Morgan fingerprint density at radius 3 is 2.67 bits per heavy atom. The summed E-state index contributed by atoms with van der Waals surface area (Å²) in [4.78, 5) is 0. The zero-order chi connectivity index (χ0) is 7.11. The van der Waals surface area contributed by atoms with E-state index in [9.17, 15) is 0 Å². The van der Waals surface area contributed by atoms with Crippen molar-refractivity contribution < 1.29 is 0 Å². The monoisotopic (exact) mass is 121 g/mol. The first kappa shape index (κ1) is 7.97. The smallest absolute Gasteiger partial charge is 0.0988 e. The van der Waals surface area contributed by atoms with Crippen molar-refractivity contribution in [2.75, 3.05) is 0 Å². The van der Waals surface area contributed by atoms with Gasteiger partial charge < -0.3 is 0 Å². The van der Waals surface area contributed by atoms with Gasteiger partial charge in [0.1, 0.15) is 0 Å². The first-order valence-corrected chi connectivity index (χ1v) is 3.08. The maximum absolute atomic E-state index is 8.42. The molecule has 0 aliphatic heterocycles. The van der Waals surface area contributed by atoms with Gasteiger partial charge in [0.15, 0.2) is 0 Å². The Kier molecular flexibility index (Phi) is 4.53. The van der Waals surface area contributed by atoms with E-state index >= 15 is 0 Å². The van der Waals surface area contributed by atoms with Crippen molar-refractivity contribution in [3.63, 3.8) is 0 Å². The van der Waals surface area contributed by atoms with Gasteiger partial charge in [0.2, 0.25) is 0 Å². The van der Waals surface area contributed by atoms with E-state index in [2.05, 4.69) is 6.07 Å². The summed E-state index contributed by atoms with van der Waals surface area (Å²) < 4.78 is 0. The molecule has 0 aliphatic rings. The summed E-state index contributed by atoms with van der Waals surface area (Å²) in [5, 5.41) is 8.42. The minimum Gasteiger partial charge on any atom is -0.192 e. The molecule has 0 spiro atoms. The Labute approximate surface area is 56.3 Å². The number of hydrogen-bond donors (Lipinski definition) is 0. The maximum Gasteiger partial charge on any atom is 0.0988 e. The predicted molar refractivity (Wildman–Crippen MR) is 38.8 cm³/mol. The van der Waals surface area contributed by atoms with Crippen LogP contribution in [0.4, 0.5) is 0 Å². The Morgan fingerprint density at radius 1 is 1.67 bits per heavy atom. The van der Waals surface area contributed by atoms with Crippen molar-refractivity contribution in [1.29, 1.82) is 5.26 Å². The quantitative estimate of drug-likeness (QED) is 0.406. The highest BCUT2D eigenvalue weighted by atomic mass is 14.2. The minimum absolute atomic E-state index is 0.750. The number of allylic oxidation sites excluding steroid dienone is 4. The van der Waals surface area contributed by atoms with Gasteiger partial charge in [-0.2, -0.15) is 5.26 Å². The molecule has 0 fully saturated rings. The zero-order valence-electron chi connectivity index (χ0n) is 5.89. The van der Waals surface area contributed by atoms with Crippen LogP contribution in [0.5, 0.6) is 0 Å². The van der Waals surface area contributed by atoms with Gasteiger partial charge in [0, 0.05) is 5.57 Å². The maximum atomic E-state index is 8.42. The van der Waals surface area contributed by atoms with Crippen molar-refractivity contribution in [2.24, 2.45) is 0 Å². The van der Waals surface area contributed by atoms with Crippen LogP contribution in [0.15, 0.2) is 23.8 Å². The van der Waals surface area contributed by atoms with Crippen LogP contribution in [-0.4, -0.2) is 0 Å². The molecule has 0 bridgehead atoms. The van der Waals surface area contributed by atoms with Crippen LogP contribution in [0.1, 0.15) is 20.3 Å². The topological polar surface area (TPSA) is 23.8 Å². The number of rotatable bonds is 2. The molecule has 9 heavy (non-hydrogen) atoms. The highest BCUT2D eigenvalue weighted by Crippen LogP contribution is 1.95. The molecule has 0 rings (SSSR count). The fraction of sp³-hybridized carbons (Fsp3) is 0.375. The van der Waals surface area contributed by atoms with E-state index in [1.807, 2.05) is 32.1 Å². The van der Waals surface area contributed by atoms with Gasteiger partial charge in [0.05, 0.1) is 6.07 Å². The van der Waals surface area contributed by atoms with Crippen LogP contribution < -0.4 is 0 Å². The third-order valence-electron chi connectivity index (χ3n) is 0.899. The number of hydrogen-bond acceptors (Lipinski definition) is 1. The molecule has 1 nitrogen and oxygen atoms in total. The second kappa shape index (κ2) is 5.11. The molecule has 0 aromatic rings. The van der Waals surface area contributed by atoms with E-state index in [0.717, 1.165) is 12.0 Å². The normalized spacial score (nSPS) is 11.9. The van der Waals surface area contributed by atoms with Gasteiger partial charge in [-0.05, 0) is 19.4 Å². The van der Waals surface area contributed by atoms with Crippen molar-refractivity contribution >= 4 is 0 Å². The Morgan fingerprint density at radius 2 is 2.33 bits per heavy atom. The molecule has 0 heterocycles. The highest BCUT2D eigenvalue weighted by molar-refractivity contribution is 5.31. The second-order valence-electron chi connectivity index (χ2n) is 1.68. The van der Waals surface area contributed by atoms with E-state index in [-0.39, 0.29) is 0 Å². The first-order valence-electron chi connectivity index (χ1n) is 3.08. The van der Waals surface area contributed by atoms with Crippen LogP contribution in [-0.2, 0) is 0 Å². The molecule has 0 aliphatic carbocycles. The summed E-state index contributed by atoms with van der Waals surface area (Å²) in [5.74, 6) is 0. The lowest BCUT2D eigenvalue weighted by Gasteiger charge is -1.82. The molecule has 0 aromatic heterocycles. The lowest BCUT2D eigenvalue weighted by Crippen LogP contribution is -1.68. The molecule has 0 unspecified atom stereocenters. The molecule has 48 valence electrons. The summed E-state index contributed by atoms with van der Waals surface area (Å²) in [6.45, 7) is 3.92. The van der Waals surface area contributed by atoms with E-state index < -0.39 is 0 Å². The van der Waals surface area contributed by atoms with Crippen LogP contribution in [0.2, 0.25) is 0 Å². The number of nitriles is 1. The van der Waals surface area contributed by atoms with Gasteiger partial charge in [-0.1, -0.05) is 19.1 Å². The predicted octanol–water partition coefficient (Wildman–Crippen LogP) is 2.42. The van der Waals surface area contributed by atoms with Crippen molar-refractivity contribution in [3.8, 4) is 6.07 Å². The molecule has 0 N–H and O–H groups in total. The van der Waals surface area contributed by atoms with Crippen LogP contribution in [0, 0.1) is 11.3 Å². The Bertz CT molecular complexity index is 158. The average Bonchev–Trinajstić information content (AvgIpc) is 1.88. The molecule has 0 saturated heterocycles. The molecular formula is C8H11N. The zero-order valence-corrected chi connectivity index (χ0v) is 5.89. The molecule has 0 atom stereocenters. The van der Waals surface area contributed by atoms with Crippen molar-refractivity contribution in [3.05, 3.63) is 23.8 Å². The molecule has 0 radical (unpaired) electrons. The van der Waals surface area contributed by atoms with Crippen LogP contribution in [0.25, 0.3) is 0 Å². The molecule has 0 saturated carbocycles. The van der Waals surface area contributed by atoms with Crippen LogP contribution in [0.3, 0.4) is 0 Å². The molecular weight excluding hydrogens is 110 g/mol. The molecule has 0 aromatic carbocycles. The van der Waals surface area contributed by atoms with Gasteiger partial charge in [-0.3, -0.25) is 0 Å². The van der Waals surface area contributed by atoms with Gasteiger partial charge in [-0.15, -0.1) is 0 Å². The van der Waals surface area contributed by atoms with Gasteiger partial charge in [0.25, 0.3) is 0 Å². The van der Waals surface area contributed by atoms with Crippen LogP contribution >= 0.6 is 0 Å². The fourth-order valence-corrected chi connectivity index (χ4v) is 0.550. The van der Waals surface area contributed by atoms with E-state index in [1.165, 1.54) is 0 Å². The summed E-state index contributed by atoms with van der Waals surface area (Å²) in [6, 6.07) is 2.08. The summed E-state index contributed by atoms with van der Waals surface area (Å²) >= 11 is 0. The summed E-state index contributed by atoms with van der Waals surface area (Å²) in [7, 11) is 0. The summed E-state index contributed by atoms with van der Waals surface area (Å²) in [6.07, 6.45) is 6.50. The third kappa shape index (κ3) is 3.54. The Balaban J connectivity index is 4.02. The summed E-state index contributed by atoms with van der Waals surface area (Å²) in [5.41, 5.74) is 0.750. The third-order valence-corrected chi connectivity index (χ3v) is 0.899. The lowest BCUT2D eigenvalue weighted by molar-refractivity contribution is 1.21.